The lowest BCUT2D eigenvalue weighted by Crippen LogP contribution is -2.05. The molecule has 0 amide bonds. The lowest BCUT2D eigenvalue weighted by molar-refractivity contribution is -0.139. The van der Waals surface area contributed by atoms with E-state index in [1.54, 1.807) is 0 Å². The van der Waals surface area contributed by atoms with Crippen LogP contribution in [-0.2, 0) is 21.8 Å². The molecule has 0 N–H and O–H groups in total. The van der Waals surface area contributed by atoms with E-state index in [4.69, 9.17) is 11.6 Å². The minimum absolute atomic E-state index is 0.215. The van der Waals surface area contributed by atoms with E-state index in [0.29, 0.717) is 12.3 Å². The summed E-state index contributed by atoms with van der Waals surface area (Å²) in [5.74, 6) is 0.295. The largest absolute Gasteiger partial charge is 0.469 e. The lowest BCUT2D eigenvalue weighted by atomic mass is 9.99. The Kier molecular flexibility index (Phi) is 4.15. The van der Waals surface area contributed by atoms with Gasteiger partial charge in [-0.15, -0.1) is 11.6 Å². The quantitative estimate of drug-likeness (QED) is 0.585. The molecule has 82 valence electrons. The Labute approximate surface area is 95.2 Å². The number of carbonyl (C=O) groups excluding carboxylic acids is 1. The Hall–Kier alpha value is -1.02. The van der Waals surface area contributed by atoms with Crippen LogP contribution in [0.5, 0.6) is 0 Å². The van der Waals surface area contributed by atoms with Crippen LogP contribution in [0.15, 0.2) is 12.1 Å². The van der Waals surface area contributed by atoms with Crippen molar-refractivity contribution in [3.63, 3.8) is 0 Å². The van der Waals surface area contributed by atoms with Gasteiger partial charge >= 0.3 is 5.97 Å². The van der Waals surface area contributed by atoms with E-state index in [9.17, 15) is 4.79 Å². The van der Waals surface area contributed by atoms with Gasteiger partial charge in [-0.3, -0.25) is 4.79 Å². The fraction of sp³-hybridized carbons (Fsp3) is 0.417. The zero-order valence-electron chi connectivity index (χ0n) is 9.26. The Morgan fingerprint density at radius 1 is 1.33 bits per heavy atom. The Balaban J connectivity index is 2.98. The molecule has 0 aliphatic rings. The summed E-state index contributed by atoms with van der Waals surface area (Å²) in [5, 5.41) is 0. The van der Waals surface area contributed by atoms with Gasteiger partial charge < -0.3 is 4.74 Å². The van der Waals surface area contributed by atoms with Gasteiger partial charge in [-0.25, -0.2) is 0 Å². The molecule has 15 heavy (non-hydrogen) atoms. The zero-order chi connectivity index (χ0) is 11.4. The third-order valence-corrected chi connectivity index (χ3v) is 2.73. The van der Waals surface area contributed by atoms with Gasteiger partial charge in [0.2, 0.25) is 0 Å². The van der Waals surface area contributed by atoms with Crippen molar-refractivity contribution in [3.8, 4) is 0 Å². The van der Waals surface area contributed by atoms with Gasteiger partial charge in [-0.1, -0.05) is 12.1 Å². The number of ether oxygens (including phenoxy) is 1. The maximum atomic E-state index is 11.1. The minimum Gasteiger partial charge on any atom is -0.469 e. The van der Waals surface area contributed by atoms with Gasteiger partial charge in [0.05, 0.1) is 13.5 Å². The molecule has 0 saturated heterocycles. The molecule has 0 aliphatic carbocycles. The van der Waals surface area contributed by atoms with Crippen LogP contribution < -0.4 is 0 Å². The van der Waals surface area contributed by atoms with E-state index in [-0.39, 0.29) is 5.97 Å². The summed E-state index contributed by atoms with van der Waals surface area (Å²) in [7, 11) is 1.40. The summed E-state index contributed by atoms with van der Waals surface area (Å²) < 4.78 is 4.63. The number of aryl methyl sites for hydroxylation is 2. The molecule has 0 aromatic heterocycles. The summed E-state index contributed by atoms with van der Waals surface area (Å²) in [6.07, 6.45) is 0.320. The Bertz CT molecular complexity index is 349. The number of benzene rings is 1. The predicted molar refractivity (Wildman–Crippen MR) is 61.2 cm³/mol. The molecule has 0 heterocycles. The predicted octanol–water partition coefficient (Wildman–Crippen LogP) is 2.76. The van der Waals surface area contributed by atoms with Crippen LogP contribution in [0.3, 0.4) is 0 Å². The van der Waals surface area contributed by atoms with Crippen LogP contribution in [0.4, 0.5) is 0 Å². The number of hydrogen-bond acceptors (Lipinski definition) is 2. The highest BCUT2D eigenvalue weighted by molar-refractivity contribution is 6.17. The average molecular weight is 227 g/mol. The van der Waals surface area contributed by atoms with Gasteiger partial charge in [0.25, 0.3) is 0 Å². The van der Waals surface area contributed by atoms with Crippen molar-refractivity contribution in [2.45, 2.75) is 26.1 Å². The van der Waals surface area contributed by atoms with Crippen molar-refractivity contribution >= 4 is 17.6 Å². The Morgan fingerprint density at radius 3 is 2.27 bits per heavy atom. The molecular weight excluding hydrogens is 212 g/mol. The molecular formula is C12H15ClO2. The summed E-state index contributed by atoms with van der Waals surface area (Å²) in [6.45, 7) is 4.01. The number of hydrogen-bond donors (Lipinski definition) is 0. The molecule has 0 fully saturated rings. The van der Waals surface area contributed by atoms with Gasteiger partial charge in [0.1, 0.15) is 0 Å². The standard InChI is InChI=1S/C12H15ClO2/c1-8-4-10(6-12(14)15-3)5-9(2)11(8)7-13/h4-5H,6-7H2,1-3H3. The number of carbonyl (C=O) groups is 1. The fourth-order valence-corrected chi connectivity index (χ4v) is 2.06. The summed E-state index contributed by atoms with van der Waals surface area (Å²) in [6, 6.07) is 3.98. The SMILES string of the molecule is COC(=O)Cc1cc(C)c(CCl)c(C)c1. The van der Waals surface area contributed by atoms with Gasteiger partial charge in [0.15, 0.2) is 0 Å². The first kappa shape index (κ1) is 12.1. The Morgan fingerprint density at radius 2 is 1.87 bits per heavy atom. The number of methoxy groups -OCH3 is 1. The average Bonchev–Trinajstić information content (AvgIpc) is 2.17. The molecule has 0 bridgehead atoms. The molecule has 0 unspecified atom stereocenters. The van der Waals surface area contributed by atoms with Crippen LogP contribution in [0, 0.1) is 13.8 Å². The molecule has 2 nitrogen and oxygen atoms in total. The summed E-state index contributed by atoms with van der Waals surface area (Å²) >= 11 is 5.83. The first-order chi connectivity index (χ1) is 7.08. The molecule has 0 saturated carbocycles. The van der Waals surface area contributed by atoms with Crippen molar-refractivity contribution in [1.82, 2.24) is 0 Å². The highest BCUT2D eigenvalue weighted by Crippen LogP contribution is 2.19. The molecule has 0 aliphatic heterocycles. The van der Waals surface area contributed by atoms with E-state index in [0.717, 1.165) is 22.3 Å². The van der Waals surface area contributed by atoms with Crippen LogP contribution in [0.2, 0.25) is 0 Å². The molecule has 0 spiro atoms. The second-order valence-electron chi connectivity index (χ2n) is 3.59. The number of rotatable bonds is 3. The van der Waals surface area contributed by atoms with Crippen molar-refractivity contribution < 1.29 is 9.53 Å². The number of alkyl halides is 1. The molecule has 0 atom stereocenters. The summed E-state index contributed by atoms with van der Waals surface area (Å²) in [5.41, 5.74) is 4.38. The maximum absolute atomic E-state index is 11.1. The van der Waals surface area contributed by atoms with Crippen molar-refractivity contribution in [1.29, 1.82) is 0 Å². The second-order valence-corrected chi connectivity index (χ2v) is 3.86. The number of esters is 1. The smallest absolute Gasteiger partial charge is 0.309 e. The van der Waals surface area contributed by atoms with Gasteiger partial charge in [0, 0.05) is 5.88 Å². The van der Waals surface area contributed by atoms with Gasteiger partial charge in [-0.2, -0.15) is 0 Å². The minimum atomic E-state index is -0.215. The second kappa shape index (κ2) is 5.17. The molecule has 1 aromatic rings. The monoisotopic (exact) mass is 226 g/mol. The van der Waals surface area contributed by atoms with Crippen LogP contribution >= 0.6 is 11.6 Å². The van der Waals surface area contributed by atoms with Crippen molar-refractivity contribution in [2.75, 3.05) is 7.11 Å². The molecule has 0 radical (unpaired) electrons. The number of halogens is 1. The fourth-order valence-electron chi connectivity index (χ4n) is 1.63. The van der Waals surface area contributed by atoms with E-state index < -0.39 is 0 Å². The third-order valence-electron chi connectivity index (χ3n) is 2.47. The van der Waals surface area contributed by atoms with Crippen molar-refractivity contribution in [2.24, 2.45) is 0 Å². The van der Waals surface area contributed by atoms with Crippen LogP contribution in [-0.4, -0.2) is 13.1 Å². The van der Waals surface area contributed by atoms with Gasteiger partial charge in [-0.05, 0) is 36.1 Å². The molecule has 1 aromatic carbocycles. The van der Waals surface area contributed by atoms with Crippen LogP contribution in [0.1, 0.15) is 22.3 Å². The normalized spacial score (nSPS) is 10.1. The highest BCUT2D eigenvalue weighted by atomic mass is 35.5. The first-order valence-corrected chi connectivity index (χ1v) is 5.33. The van der Waals surface area contributed by atoms with Crippen molar-refractivity contribution in [3.05, 3.63) is 34.4 Å². The highest BCUT2D eigenvalue weighted by Gasteiger charge is 2.07. The van der Waals surface area contributed by atoms with Crippen LogP contribution in [0.25, 0.3) is 0 Å². The zero-order valence-corrected chi connectivity index (χ0v) is 10.0. The van der Waals surface area contributed by atoms with E-state index in [2.05, 4.69) is 4.74 Å². The first-order valence-electron chi connectivity index (χ1n) is 4.80. The van der Waals surface area contributed by atoms with E-state index >= 15 is 0 Å². The topological polar surface area (TPSA) is 26.3 Å². The lowest BCUT2D eigenvalue weighted by Gasteiger charge is -2.09. The molecule has 3 heteroatoms. The molecule has 1 rings (SSSR count). The third kappa shape index (κ3) is 2.96. The summed E-state index contributed by atoms with van der Waals surface area (Å²) in [4.78, 5) is 11.1. The maximum Gasteiger partial charge on any atom is 0.309 e. The van der Waals surface area contributed by atoms with E-state index in [1.165, 1.54) is 7.11 Å². The van der Waals surface area contributed by atoms with E-state index in [1.807, 2.05) is 26.0 Å².